The standard InChI is InChI=1S/C20H24N4O3/c1-15-5-4-6-17(13-15)22-9-11-23(12-10-22)20(25)16-7-8-18(21(2)3)19(14-16)24(26)27/h4-8,13-14H,9-12H2,1-3H3. The Balaban J connectivity index is 1.72. The lowest BCUT2D eigenvalue weighted by Gasteiger charge is -2.36. The second-order valence-electron chi connectivity index (χ2n) is 6.97. The van der Waals surface area contributed by atoms with E-state index in [1.807, 2.05) is 6.07 Å². The molecule has 142 valence electrons. The molecule has 2 aromatic rings. The van der Waals surface area contributed by atoms with E-state index in [1.165, 1.54) is 11.6 Å². The lowest BCUT2D eigenvalue weighted by Crippen LogP contribution is -2.48. The first-order valence-electron chi connectivity index (χ1n) is 8.93. The fraction of sp³-hybridized carbons (Fsp3) is 0.350. The lowest BCUT2D eigenvalue weighted by atomic mass is 10.1. The second-order valence-corrected chi connectivity index (χ2v) is 6.97. The van der Waals surface area contributed by atoms with E-state index in [2.05, 4.69) is 30.0 Å². The molecule has 0 spiro atoms. The predicted molar refractivity (Wildman–Crippen MR) is 107 cm³/mol. The molecule has 2 aromatic carbocycles. The van der Waals surface area contributed by atoms with Gasteiger partial charge in [0.2, 0.25) is 0 Å². The molecular weight excluding hydrogens is 344 g/mol. The van der Waals surface area contributed by atoms with Gasteiger partial charge >= 0.3 is 0 Å². The minimum absolute atomic E-state index is 0.0516. The van der Waals surface area contributed by atoms with Crippen LogP contribution in [0.15, 0.2) is 42.5 Å². The summed E-state index contributed by atoms with van der Waals surface area (Å²) in [5.74, 6) is -0.160. The van der Waals surface area contributed by atoms with Crippen LogP contribution in [0.5, 0.6) is 0 Å². The maximum absolute atomic E-state index is 12.8. The minimum atomic E-state index is -0.443. The lowest BCUT2D eigenvalue weighted by molar-refractivity contribution is -0.384. The van der Waals surface area contributed by atoms with Crippen LogP contribution in [0.25, 0.3) is 0 Å². The predicted octanol–water partition coefficient (Wildman–Crippen LogP) is 2.93. The summed E-state index contributed by atoms with van der Waals surface area (Å²) in [4.78, 5) is 29.4. The zero-order chi connectivity index (χ0) is 19.6. The molecule has 0 unspecified atom stereocenters. The molecule has 0 saturated carbocycles. The van der Waals surface area contributed by atoms with Crippen LogP contribution < -0.4 is 9.80 Å². The molecule has 1 fully saturated rings. The van der Waals surface area contributed by atoms with E-state index in [0.717, 1.165) is 18.8 Å². The van der Waals surface area contributed by atoms with Gasteiger partial charge in [0.05, 0.1) is 4.92 Å². The molecule has 0 radical (unpaired) electrons. The summed E-state index contributed by atoms with van der Waals surface area (Å²) in [7, 11) is 3.49. The first-order chi connectivity index (χ1) is 12.9. The normalized spacial score (nSPS) is 14.2. The Morgan fingerprint density at radius 2 is 1.78 bits per heavy atom. The molecule has 0 N–H and O–H groups in total. The Morgan fingerprint density at radius 3 is 2.37 bits per heavy atom. The third-order valence-corrected chi connectivity index (χ3v) is 4.83. The van der Waals surface area contributed by atoms with Gasteiger partial charge in [-0.15, -0.1) is 0 Å². The Morgan fingerprint density at radius 1 is 1.07 bits per heavy atom. The van der Waals surface area contributed by atoms with E-state index < -0.39 is 4.92 Å². The summed E-state index contributed by atoms with van der Waals surface area (Å²) < 4.78 is 0. The van der Waals surface area contributed by atoms with E-state index in [9.17, 15) is 14.9 Å². The van der Waals surface area contributed by atoms with Gasteiger partial charge in [0.15, 0.2) is 0 Å². The number of rotatable bonds is 4. The summed E-state index contributed by atoms with van der Waals surface area (Å²) in [6.45, 7) is 4.74. The summed E-state index contributed by atoms with van der Waals surface area (Å²) >= 11 is 0. The van der Waals surface area contributed by atoms with Crippen molar-refractivity contribution in [2.24, 2.45) is 0 Å². The van der Waals surface area contributed by atoms with Crippen molar-refractivity contribution >= 4 is 23.0 Å². The van der Waals surface area contributed by atoms with Gasteiger partial charge in [0, 0.05) is 57.6 Å². The third-order valence-electron chi connectivity index (χ3n) is 4.83. The number of carbonyl (C=O) groups is 1. The Bertz CT molecular complexity index is 858. The second kappa shape index (κ2) is 7.65. The first-order valence-corrected chi connectivity index (χ1v) is 8.93. The number of hydrogen-bond acceptors (Lipinski definition) is 5. The zero-order valence-electron chi connectivity index (χ0n) is 15.9. The molecule has 7 heteroatoms. The summed E-state index contributed by atoms with van der Waals surface area (Å²) in [5.41, 5.74) is 3.16. The average Bonchev–Trinajstić information content (AvgIpc) is 2.67. The fourth-order valence-electron chi connectivity index (χ4n) is 3.36. The van der Waals surface area contributed by atoms with Crippen LogP contribution >= 0.6 is 0 Å². The number of nitro groups is 1. The van der Waals surface area contributed by atoms with E-state index in [-0.39, 0.29) is 11.6 Å². The maximum atomic E-state index is 12.8. The van der Waals surface area contributed by atoms with Gasteiger partial charge in [-0.3, -0.25) is 14.9 Å². The highest BCUT2D eigenvalue weighted by molar-refractivity contribution is 5.96. The molecule has 1 saturated heterocycles. The van der Waals surface area contributed by atoms with Crippen LogP contribution in [0.3, 0.4) is 0 Å². The molecule has 0 bridgehead atoms. The number of anilines is 2. The van der Waals surface area contributed by atoms with E-state index in [1.54, 1.807) is 36.0 Å². The van der Waals surface area contributed by atoms with Crippen molar-refractivity contribution in [3.8, 4) is 0 Å². The van der Waals surface area contributed by atoms with Crippen molar-refractivity contribution in [3.05, 3.63) is 63.7 Å². The van der Waals surface area contributed by atoms with Gasteiger partial charge in [-0.1, -0.05) is 12.1 Å². The van der Waals surface area contributed by atoms with Crippen LogP contribution in [0, 0.1) is 17.0 Å². The molecule has 1 heterocycles. The van der Waals surface area contributed by atoms with Crippen molar-refractivity contribution in [2.45, 2.75) is 6.92 Å². The molecule has 0 aliphatic carbocycles. The van der Waals surface area contributed by atoms with Gasteiger partial charge < -0.3 is 14.7 Å². The first kappa shape index (κ1) is 18.7. The zero-order valence-corrected chi connectivity index (χ0v) is 15.9. The van der Waals surface area contributed by atoms with Crippen LogP contribution in [0.2, 0.25) is 0 Å². The molecule has 0 aromatic heterocycles. The largest absolute Gasteiger partial charge is 0.372 e. The number of hydrogen-bond donors (Lipinski definition) is 0. The summed E-state index contributed by atoms with van der Waals surface area (Å²) in [6.07, 6.45) is 0. The van der Waals surface area contributed by atoms with Crippen LogP contribution in [-0.2, 0) is 0 Å². The number of benzene rings is 2. The van der Waals surface area contributed by atoms with E-state index in [0.29, 0.717) is 24.3 Å². The Kier molecular flexibility index (Phi) is 5.30. The van der Waals surface area contributed by atoms with Gasteiger partial charge in [0.25, 0.3) is 11.6 Å². The molecule has 3 rings (SSSR count). The Hall–Kier alpha value is -3.09. The van der Waals surface area contributed by atoms with Gasteiger partial charge in [-0.25, -0.2) is 0 Å². The molecule has 1 aliphatic heterocycles. The Labute approximate surface area is 158 Å². The van der Waals surface area contributed by atoms with Gasteiger partial charge in [-0.2, -0.15) is 0 Å². The average molecular weight is 368 g/mol. The number of carbonyl (C=O) groups excluding carboxylic acids is 1. The van der Waals surface area contributed by atoms with Gasteiger partial charge in [0.1, 0.15) is 5.69 Å². The van der Waals surface area contributed by atoms with Crippen LogP contribution in [0.4, 0.5) is 17.1 Å². The van der Waals surface area contributed by atoms with Crippen molar-refractivity contribution in [1.29, 1.82) is 0 Å². The van der Waals surface area contributed by atoms with Crippen molar-refractivity contribution in [2.75, 3.05) is 50.1 Å². The number of amides is 1. The van der Waals surface area contributed by atoms with Crippen LogP contribution in [0.1, 0.15) is 15.9 Å². The van der Waals surface area contributed by atoms with Gasteiger partial charge in [-0.05, 0) is 36.8 Å². The molecule has 1 aliphatic rings. The molecular formula is C20H24N4O3. The molecule has 0 atom stereocenters. The maximum Gasteiger partial charge on any atom is 0.293 e. The third kappa shape index (κ3) is 4.02. The highest BCUT2D eigenvalue weighted by atomic mass is 16.6. The number of piperazine rings is 1. The summed E-state index contributed by atoms with van der Waals surface area (Å²) in [6, 6.07) is 13.0. The monoisotopic (exact) mass is 368 g/mol. The molecule has 7 nitrogen and oxygen atoms in total. The van der Waals surface area contributed by atoms with Crippen molar-refractivity contribution in [3.63, 3.8) is 0 Å². The SMILES string of the molecule is Cc1cccc(N2CCN(C(=O)c3ccc(N(C)C)c([N+](=O)[O-])c3)CC2)c1. The smallest absolute Gasteiger partial charge is 0.293 e. The molecule has 1 amide bonds. The van der Waals surface area contributed by atoms with Crippen molar-refractivity contribution in [1.82, 2.24) is 4.90 Å². The topological polar surface area (TPSA) is 69.9 Å². The van der Waals surface area contributed by atoms with Crippen LogP contribution in [-0.4, -0.2) is 56.0 Å². The number of aryl methyl sites for hydroxylation is 1. The fourth-order valence-corrected chi connectivity index (χ4v) is 3.36. The summed E-state index contributed by atoms with van der Waals surface area (Å²) in [5, 5.41) is 11.4. The quantitative estimate of drug-likeness (QED) is 0.613. The highest BCUT2D eigenvalue weighted by Gasteiger charge is 2.25. The van der Waals surface area contributed by atoms with Crippen molar-refractivity contribution < 1.29 is 9.72 Å². The number of nitrogens with zero attached hydrogens (tertiary/aromatic N) is 4. The highest BCUT2D eigenvalue weighted by Crippen LogP contribution is 2.28. The van der Waals surface area contributed by atoms with E-state index in [4.69, 9.17) is 0 Å². The minimum Gasteiger partial charge on any atom is -0.372 e. The van der Waals surface area contributed by atoms with E-state index >= 15 is 0 Å². The molecule has 27 heavy (non-hydrogen) atoms. The number of nitro benzene ring substituents is 1.